The van der Waals surface area contributed by atoms with E-state index in [0.29, 0.717) is 13.0 Å². The third-order valence-corrected chi connectivity index (χ3v) is 1.59. The Morgan fingerprint density at radius 1 is 1.13 bits per heavy atom. The molecule has 0 aromatic rings. The molecule has 0 aromatic heterocycles. The summed E-state index contributed by atoms with van der Waals surface area (Å²) in [5.41, 5.74) is 0. The van der Waals surface area contributed by atoms with Crippen LogP contribution in [0.4, 0.5) is 22.0 Å². The lowest BCUT2D eigenvalue weighted by atomic mass is 10.3. The molecule has 0 saturated carbocycles. The summed E-state index contributed by atoms with van der Waals surface area (Å²) in [6.45, 7) is 1.40. The molecule has 92 valence electrons. The molecule has 7 heteroatoms. The van der Waals surface area contributed by atoms with Gasteiger partial charge < -0.3 is 10.1 Å². The van der Waals surface area contributed by atoms with Crippen LogP contribution in [0.15, 0.2) is 0 Å². The summed E-state index contributed by atoms with van der Waals surface area (Å²) in [6.07, 6.45) is -5.13. The van der Waals surface area contributed by atoms with E-state index < -0.39 is 18.7 Å². The second kappa shape index (κ2) is 6.22. The Morgan fingerprint density at radius 3 is 2.20 bits per heavy atom. The number of rotatable bonds is 7. The molecule has 0 aliphatic heterocycles. The predicted octanol–water partition coefficient (Wildman–Crippen LogP) is 2.20. The predicted molar refractivity (Wildman–Crippen MR) is 45.0 cm³/mol. The molecule has 0 aliphatic rings. The van der Waals surface area contributed by atoms with Crippen LogP contribution in [0, 0.1) is 0 Å². The Labute approximate surface area is 84.8 Å². The molecule has 2 nitrogen and oxygen atoms in total. The first-order valence-corrected chi connectivity index (χ1v) is 4.54. The van der Waals surface area contributed by atoms with Gasteiger partial charge in [-0.05, 0) is 19.5 Å². The largest absolute Gasteiger partial charge is 0.455 e. The van der Waals surface area contributed by atoms with Gasteiger partial charge in [-0.15, -0.1) is 0 Å². The van der Waals surface area contributed by atoms with Crippen molar-refractivity contribution in [2.45, 2.75) is 25.4 Å². The fourth-order valence-electron chi connectivity index (χ4n) is 0.758. The summed E-state index contributed by atoms with van der Waals surface area (Å²) >= 11 is 0. The van der Waals surface area contributed by atoms with Crippen LogP contribution in [0.25, 0.3) is 0 Å². The molecule has 0 unspecified atom stereocenters. The van der Waals surface area contributed by atoms with E-state index in [9.17, 15) is 22.0 Å². The molecule has 0 heterocycles. The Balaban J connectivity index is 3.58. The quantitative estimate of drug-likeness (QED) is 0.539. The minimum absolute atomic E-state index is 0.112. The molecular formula is C8H14F5NO. The maximum atomic E-state index is 12.2. The van der Waals surface area contributed by atoms with Crippen LogP contribution in [-0.4, -0.2) is 38.4 Å². The minimum atomic E-state index is -5.53. The lowest BCUT2D eigenvalue weighted by molar-refractivity contribution is -0.296. The number of alkyl halides is 5. The van der Waals surface area contributed by atoms with Gasteiger partial charge in [0, 0.05) is 6.61 Å². The minimum Gasteiger partial charge on any atom is -0.375 e. The van der Waals surface area contributed by atoms with Crippen LogP contribution in [0.2, 0.25) is 0 Å². The van der Waals surface area contributed by atoms with Crippen molar-refractivity contribution in [2.24, 2.45) is 0 Å². The first-order valence-electron chi connectivity index (χ1n) is 4.54. The zero-order valence-electron chi connectivity index (χ0n) is 8.33. The molecule has 0 rings (SSSR count). The van der Waals surface area contributed by atoms with Gasteiger partial charge in [-0.25, -0.2) is 0 Å². The highest BCUT2D eigenvalue weighted by molar-refractivity contribution is 4.74. The summed E-state index contributed by atoms with van der Waals surface area (Å²) in [6, 6.07) is 0. The lowest BCUT2D eigenvalue weighted by Crippen LogP contribution is -2.40. The van der Waals surface area contributed by atoms with Gasteiger partial charge in [-0.3, -0.25) is 0 Å². The molecule has 0 aliphatic carbocycles. The second-order valence-corrected chi connectivity index (χ2v) is 2.96. The number of nitrogens with one attached hydrogen (secondary N) is 1. The van der Waals surface area contributed by atoms with Gasteiger partial charge in [0.1, 0.15) is 6.61 Å². The van der Waals surface area contributed by atoms with Crippen LogP contribution >= 0.6 is 0 Å². The van der Waals surface area contributed by atoms with Gasteiger partial charge in [0.25, 0.3) is 0 Å². The van der Waals surface area contributed by atoms with E-state index in [2.05, 4.69) is 10.1 Å². The van der Waals surface area contributed by atoms with Crippen molar-refractivity contribution in [3.05, 3.63) is 0 Å². The fraction of sp³-hybridized carbons (Fsp3) is 1.00. The van der Waals surface area contributed by atoms with E-state index in [1.165, 1.54) is 0 Å². The van der Waals surface area contributed by atoms with Crippen molar-refractivity contribution in [1.82, 2.24) is 5.32 Å². The molecule has 1 N–H and O–H groups in total. The van der Waals surface area contributed by atoms with Crippen LogP contribution in [0.5, 0.6) is 0 Å². The van der Waals surface area contributed by atoms with Gasteiger partial charge in [-0.2, -0.15) is 22.0 Å². The third-order valence-electron chi connectivity index (χ3n) is 1.59. The first kappa shape index (κ1) is 14.6. The highest BCUT2D eigenvalue weighted by atomic mass is 19.4. The third kappa shape index (κ3) is 5.88. The highest BCUT2D eigenvalue weighted by Crippen LogP contribution is 2.35. The van der Waals surface area contributed by atoms with Crippen LogP contribution < -0.4 is 5.32 Å². The zero-order valence-corrected chi connectivity index (χ0v) is 8.33. The Bertz CT molecular complexity index is 171. The summed E-state index contributed by atoms with van der Waals surface area (Å²) < 4.78 is 63.6. The van der Waals surface area contributed by atoms with E-state index in [1.807, 2.05) is 6.92 Å². The maximum absolute atomic E-state index is 12.2. The molecular weight excluding hydrogens is 221 g/mol. The summed E-state index contributed by atoms with van der Waals surface area (Å²) in [5, 5.41) is 2.89. The monoisotopic (exact) mass is 235 g/mol. The fourth-order valence-corrected chi connectivity index (χ4v) is 0.758. The first-order chi connectivity index (χ1) is 6.81. The molecule has 0 aromatic carbocycles. The van der Waals surface area contributed by atoms with E-state index >= 15 is 0 Å². The van der Waals surface area contributed by atoms with Crippen LogP contribution in [0.1, 0.15) is 13.3 Å². The van der Waals surface area contributed by atoms with Gasteiger partial charge in [0.05, 0.1) is 0 Å². The summed E-state index contributed by atoms with van der Waals surface area (Å²) in [5.74, 6) is -4.76. The molecule has 0 fully saturated rings. The molecule has 0 spiro atoms. The average Bonchev–Trinajstić information content (AvgIpc) is 2.09. The van der Waals surface area contributed by atoms with Crippen molar-refractivity contribution in [3.8, 4) is 0 Å². The summed E-state index contributed by atoms with van der Waals surface area (Å²) in [4.78, 5) is 0. The van der Waals surface area contributed by atoms with Crippen molar-refractivity contribution in [3.63, 3.8) is 0 Å². The number of hydrogen-bond donors (Lipinski definition) is 1. The number of halogens is 5. The Morgan fingerprint density at radius 2 is 1.73 bits per heavy atom. The van der Waals surface area contributed by atoms with Gasteiger partial charge in [-0.1, -0.05) is 6.92 Å². The number of ether oxygens (including phenoxy) is 1. The van der Waals surface area contributed by atoms with Gasteiger partial charge in [0.2, 0.25) is 0 Å². The molecule has 15 heavy (non-hydrogen) atoms. The maximum Gasteiger partial charge on any atom is 0.455 e. The van der Waals surface area contributed by atoms with E-state index in [4.69, 9.17) is 0 Å². The Kier molecular flexibility index (Phi) is 6.04. The van der Waals surface area contributed by atoms with Gasteiger partial charge in [0.15, 0.2) is 0 Å². The smallest absolute Gasteiger partial charge is 0.375 e. The molecule has 0 saturated heterocycles. The zero-order chi connectivity index (χ0) is 11.9. The van der Waals surface area contributed by atoms with Crippen LogP contribution in [-0.2, 0) is 4.74 Å². The SMILES string of the molecule is CCNCCCOCC(F)(F)C(F)(F)F. The van der Waals surface area contributed by atoms with Gasteiger partial charge >= 0.3 is 12.1 Å². The van der Waals surface area contributed by atoms with Crippen molar-refractivity contribution in [1.29, 1.82) is 0 Å². The van der Waals surface area contributed by atoms with Crippen molar-refractivity contribution >= 4 is 0 Å². The topological polar surface area (TPSA) is 21.3 Å². The van der Waals surface area contributed by atoms with E-state index in [0.717, 1.165) is 6.54 Å². The molecule has 0 radical (unpaired) electrons. The standard InChI is InChI=1S/C8H14F5NO/c1-2-14-4-3-5-15-6-7(9,10)8(11,12)13/h14H,2-6H2,1H3. The van der Waals surface area contributed by atoms with Crippen LogP contribution in [0.3, 0.4) is 0 Å². The van der Waals surface area contributed by atoms with E-state index in [1.54, 1.807) is 0 Å². The van der Waals surface area contributed by atoms with E-state index in [-0.39, 0.29) is 6.61 Å². The number of hydrogen-bond acceptors (Lipinski definition) is 2. The summed E-state index contributed by atoms with van der Waals surface area (Å²) in [7, 11) is 0. The van der Waals surface area contributed by atoms with Crippen molar-refractivity contribution < 1.29 is 26.7 Å². The second-order valence-electron chi connectivity index (χ2n) is 2.96. The Hall–Kier alpha value is -0.430. The highest BCUT2D eigenvalue weighted by Gasteiger charge is 2.57. The lowest BCUT2D eigenvalue weighted by Gasteiger charge is -2.19. The normalized spacial score (nSPS) is 13.2. The molecule has 0 amide bonds. The molecule has 0 bridgehead atoms. The molecule has 0 atom stereocenters. The van der Waals surface area contributed by atoms with Crippen molar-refractivity contribution in [2.75, 3.05) is 26.3 Å². The average molecular weight is 235 g/mol.